The molecule has 2 heterocycles. The SMILES string of the molecule is COCOc1cc(OC)cc2c1C(=O)O[C@@H](C)[C@H](C)/C=C\C(O)[C@H]1OC(C)(C)O[C@H]1C(OCOC)C=C2. The van der Waals surface area contributed by atoms with Crippen LogP contribution in [0.1, 0.15) is 43.6 Å². The molecule has 0 radical (unpaired) electrons. The highest BCUT2D eigenvalue weighted by atomic mass is 16.8. The first-order chi connectivity index (χ1) is 17.6. The minimum atomic E-state index is -0.997. The fourth-order valence-corrected chi connectivity index (χ4v) is 4.15. The number of carbonyl (C=O) groups is 1. The Morgan fingerprint density at radius 3 is 2.35 bits per heavy atom. The molecular formula is C27H38O10. The fraction of sp³-hybridized carbons (Fsp3) is 0.593. The second-order valence-corrected chi connectivity index (χ2v) is 9.45. The van der Waals surface area contributed by atoms with Crippen LogP contribution in [0.4, 0.5) is 0 Å². The number of benzene rings is 1. The Morgan fingerprint density at radius 2 is 1.68 bits per heavy atom. The molecule has 0 aromatic heterocycles. The molecule has 1 aromatic carbocycles. The molecule has 2 aliphatic rings. The van der Waals surface area contributed by atoms with Gasteiger partial charge in [0.05, 0.1) is 7.11 Å². The van der Waals surface area contributed by atoms with Gasteiger partial charge in [-0.05, 0) is 32.4 Å². The number of methoxy groups -OCH3 is 3. The quantitative estimate of drug-likeness (QED) is 0.325. The monoisotopic (exact) mass is 522 g/mol. The minimum Gasteiger partial charge on any atom is -0.497 e. The van der Waals surface area contributed by atoms with Crippen molar-refractivity contribution in [2.24, 2.45) is 5.92 Å². The van der Waals surface area contributed by atoms with E-state index in [4.69, 9.17) is 37.9 Å². The number of ether oxygens (including phenoxy) is 8. The van der Waals surface area contributed by atoms with E-state index in [2.05, 4.69) is 0 Å². The van der Waals surface area contributed by atoms with E-state index in [0.717, 1.165) is 0 Å². The van der Waals surface area contributed by atoms with Gasteiger partial charge in [0, 0.05) is 26.2 Å². The third-order valence-electron chi connectivity index (χ3n) is 6.19. The first-order valence-corrected chi connectivity index (χ1v) is 12.2. The molecule has 1 saturated heterocycles. The highest BCUT2D eigenvalue weighted by Crippen LogP contribution is 2.36. The van der Waals surface area contributed by atoms with Crippen molar-refractivity contribution in [1.29, 1.82) is 0 Å². The zero-order valence-corrected chi connectivity index (χ0v) is 22.5. The number of carbonyl (C=O) groups excluding carboxylic acids is 1. The van der Waals surface area contributed by atoms with Gasteiger partial charge in [-0.1, -0.05) is 31.2 Å². The van der Waals surface area contributed by atoms with Crippen LogP contribution in [0.2, 0.25) is 0 Å². The Hall–Kier alpha value is -2.47. The van der Waals surface area contributed by atoms with E-state index in [0.29, 0.717) is 11.3 Å². The molecule has 2 unspecified atom stereocenters. The average molecular weight is 523 g/mol. The van der Waals surface area contributed by atoms with Gasteiger partial charge in [0.25, 0.3) is 0 Å². The van der Waals surface area contributed by atoms with Crippen molar-refractivity contribution in [2.45, 2.75) is 64.0 Å². The van der Waals surface area contributed by atoms with Crippen molar-refractivity contribution >= 4 is 12.0 Å². The highest BCUT2D eigenvalue weighted by Gasteiger charge is 2.47. The normalized spacial score (nSPS) is 30.5. The van der Waals surface area contributed by atoms with Gasteiger partial charge in [-0.2, -0.15) is 0 Å². The zero-order chi connectivity index (χ0) is 27.2. The Labute approximate surface area is 218 Å². The summed E-state index contributed by atoms with van der Waals surface area (Å²) in [5.74, 6) is -1.03. The molecule has 3 rings (SSSR count). The Morgan fingerprint density at radius 1 is 0.973 bits per heavy atom. The Bertz CT molecular complexity index is 972. The topological polar surface area (TPSA) is 111 Å². The first kappa shape index (κ1) is 29.1. The number of aliphatic hydroxyl groups is 1. The summed E-state index contributed by atoms with van der Waals surface area (Å²) in [6.07, 6.45) is 3.24. The maximum atomic E-state index is 13.4. The second-order valence-electron chi connectivity index (χ2n) is 9.45. The molecular weight excluding hydrogens is 484 g/mol. The molecule has 206 valence electrons. The van der Waals surface area contributed by atoms with E-state index in [-0.39, 0.29) is 30.8 Å². The predicted molar refractivity (Wildman–Crippen MR) is 134 cm³/mol. The van der Waals surface area contributed by atoms with Crippen LogP contribution in [-0.2, 0) is 28.4 Å². The largest absolute Gasteiger partial charge is 0.497 e. The highest BCUT2D eigenvalue weighted by molar-refractivity contribution is 5.97. The molecule has 2 aliphatic heterocycles. The van der Waals surface area contributed by atoms with E-state index in [1.165, 1.54) is 21.3 Å². The van der Waals surface area contributed by atoms with Crippen molar-refractivity contribution < 1.29 is 47.8 Å². The summed E-state index contributed by atoms with van der Waals surface area (Å²) in [4.78, 5) is 13.4. The molecule has 37 heavy (non-hydrogen) atoms. The Kier molecular flexibility index (Phi) is 10.1. The number of rotatable bonds is 7. The van der Waals surface area contributed by atoms with E-state index < -0.39 is 42.3 Å². The van der Waals surface area contributed by atoms with Gasteiger partial charge in [0.1, 0.15) is 54.4 Å². The number of fused-ring (bicyclic) bond motifs is 2. The van der Waals surface area contributed by atoms with E-state index >= 15 is 0 Å². The number of aliphatic hydroxyl groups excluding tert-OH is 1. The standard InChI is InChI=1S/C27H38O10/c1-16-8-10-20(28)24-25(37-27(3,4)36-24)21(33-14-30-5)11-9-18-12-19(32-7)13-22(34-15-31-6)23(18)26(29)35-17(16)2/h8-13,16-17,20-21,24-25,28H,14-15H2,1-7H3/b10-8-,11-9?/t16-,17+,20?,21?,24-,25+/m1/s1. The second kappa shape index (κ2) is 12.9. The van der Waals surface area contributed by atoms with E-state index in [9.17, 15) is 9.90 Å². The van der Waals surface area contributed by atoms with Crippen molar-refractivity contribution in [2.75, 3.05) is 34.9 Å². The number of cyclic esters (lactones) is 1. The third-order valence-corrected chi connectivity index (χ3v) is 6.19. The predicted octanol–water partition coefficient (Wildman–Crippen LogP) is 3.31. The van der Waals surface area contributed by atoms with Crippen molar-refractivity contribution in [3.63, 3.8) is 0 Å². The molecule has 10 nitrogen and oxygen atoms in total. The summed E-state index contributed by atoms with van der Waals surface area (Å²) < 4.78 is 45.3. The van der Waals surface area contributed by atoms with Crippen LogP contribution in [0.3, 0.4) is 0 Å². The number of esters is 1. The van der Waals surface area contributed by atoms with Crippen molar-refractivity contribution in [1.82, 2.24) is 0 Å². The van der Waals surface area contributed by atoms with Crippen LogP contribution in [0.25, 0.3) is 6.08 Å². The summed E-state index contributed by atoms with van der Waals surface area (Å²) in [6, 6.07) is 3.30. The molecule has 0 spiro atoms. The average Bonchev–Trinajstić information content (AvgIpc) is 3.19. The van der Waals surface area contributed by atoms with Gasteiger partial charge < -0.3 is 43.0 Å². The van der Waals surface area contributed by atoms with Crippen LogP contribution in [0.15, 0.2) is 30.4 Å². The van der Waals surface area contributed by atoms with Crippen LogP contribution in [-0.4, -0.2) is 82.3 Å². The molecule has 0 aliphatic carbocycles. The van der Waals surface area contributed by atoms with E-state index in [1.54, 1.807) is 57.2 Å². The van der Waals surface area contributed by atoms with Crippen LogP contribution in [0, 0.1) is 5.92 Å². The Balaban J connectivity index is 2.17. The lowest BCUT2D eigenvalue weighted by Crippen LogP contribution is -2.42. The maximum absolute atomic E-state index is 13.4. The summed E-state index contributed by atoms with van der Waals surface area (Å²) in [6.45, 7) is 7.12. The van der Waals surface area contributed by atoms with Gasteiger partial charge in [-0.15, -0.1) is 0 Å². The van der Waals surface area contributed by atoms with Gasteiger partial charge in [0.2, 0.25) is 0 Å². The maximum Gasteiger partial charge on any atom is 0.342 e. The smallest absolute Gasteiger partial charge is 0.342 e. The molecule has 1 fully saturated rings. The summed E-state index contributed by atoms with van der Waals surface area (Å²) in [7, 11) is 4.52. The van der Waals surface area contributed by atoms with Gasteiger partial charge in [0.15, 0.2) is 12.6 Å². The molecule has 1 aromatic rings. The minimum absolute atomic E-state index is 0.0301. The number of hydrogen-bond acceptors (Lipinski definition) is 10. The molecule has 10 heteroatoms. The van der Waals surface area contributed by atoms with E-state index in [1.807, 2.05) is 6.92 Å². The van der Waals surface area contributed by atoms with Crippen LogP contribution >= 0.6 is 0 Å². The van der Waals surface area contributed by atoms with Crippen molar-refractivity contribution in [3.8, 4) is 11.5 Å². The van der Waals surface area contributed by atoms with Gasteiger partial charge in [-0.3, -0.25) is 0 Å². The van der Waals surface area contributed by atoms with Crippen LogP contribution < -0.4 is 9.47 Å². The molecule has 0 bridgehead atoms. The van der Waals surface area contributed by atoms with Crippen LogP contribution in [0.5, 0.6) is 11.5 Å². The third kappa shape index (κ3) is 7.31. The molecule has 0 amide bonds. The van der Waals surface area contributed by atoms with Crippen molar-refractivity contribution in [3.05, 3.63) is 41.5 Å². The van der Waals surface area contributed by atoms with Gasteiger partial charge in [-0.25, -0.2) is 4.79 Å². The molecule has 1 N–H and O–H groups in total. The molecule has 0 saturated carbocycles. The lowest BCUT2D eigenvalue weighted by Gasteiger charge is -2.27. The summed E-state index contributed by atoms with van der Waals surface area (Å²) >= 11 is 0. The lowest BCUT2D eigenvalue weighted by atomic mass is 9.97. The lowest BCUT2D eigenvalue weighted by molar-refractivity contribution is -0.165. The zero-order valence-electron chi connectivity index (χ0n) is 22.5. The summed E-state index contributed by atoms with van der Waals surface area (Å²) in [5.41, 5.74) is 0.685. The van der Waals surface area contributed by atoms with Gasteiger partial charge >= 0.3 is 5.97 Å². The fourth-order valence-electron chi connectivity index (χ4n) is 4.15. The first-order valence-electron chi connectivity index (χ1n) is 12.2. The molecule has 6 atom stereocenters. The summed E-state index contributed by atoms with van der Waals surface area (Å²) in [5, 5.41) is 11.0. The number of hydrogen-bond donors (Lipinski definition) is 1.